The number of carboxylic acids is 1. The van der Waals surface area contributed by atoms with Crippen LogP contribution in [0, 0.1) is 0 Å². The molecule has 0 aliphatic carbocycles. The molecule has 1 saturated heterocycles. The molecule has 1 aliphatic rings. The van der Waals surface area contributed by atoms with Gasteiger partial charge >= 0.3 is 18.2 Å². The molecule has 0 radical (unpaired) electrons. The van der Waals surface area contributed by atoms with Crippen LogP contribution in [0.15, 0.2) is 0 Å². The zero-order valence-electron chi connectivity index (χ0n) is 18.6. The van der Waals surface area contributed by atoms with Crippen LogP contribution in [0.5, 0.6) is 0 Å². The van der Waals surface area contributed by atoms with E-state index in [1.807, 2.05) is 4.90 Å². The average molecular weight is 448 g/mol. The fraction of sp³-hybridized carbons (Fsp3) is 0.850. The highest BCUT2D eigenvalue weighted by Gasteiger charge is 2.30. The molecule has 2 atom stereocenters. The van der Waals surface area contributed by atoms with Gasteiger partial charge in [-0.15, -0.1) is 0 Å². The van der Waals surface area contributed by atoms with Crippen molar-refractivity contribution >= 4 is 18.2 Å². The number of carboxylic acid groups (broad SMARTS) is 1. The summed E-state index contributed by atoms with van der Waals surface area (Å²) in [5.74, 6) is -0.801. The van der Waals surface area contributed by atoms with Crippen molar-refractivity contribution < 1.29 is 38.4 Å². The third-order valence-corrected chi connectivity index (χ3v) is 5.03. The molecule has 1 unspecified atom stereocenters. The van der Waals surface area contributed by atoms with E-state index < -0.39 is 24.2 Å². The zero-order chi connectivity index (χ0) is 22.9. The first-order valence-electron chi connectivity index (χ1n) is 10.8. The Balaban J connectivity index is 2.38. The van der Waals surface area contributed by atoms with E-state index in [9.17, 15) is 19.5 Å². The molecule has 1 heterocycles. The third-order valence-electron chi connectivity index (χ3n) is 5.03. The molecule has 0 spiro atoms. The summed E-state index contributed by atoms with van der Waals surface area (Å²) in [7, 11) is 3.06. The van der Waals surface area contributed by atoms with Crippen molar-refractivity contribution in [2.24, 2.45) is 0 Å². The van der Waals surface area contributed by atoms with Crippen LogP contribution in [-0.2, 0) is 23.7 Å². The van der Waals surface area contributed by atoms with Crippen LogP contribution in [-0.4, -0.2) is 101 Å². The maximum Gasteiger partial charge on any atom is 0.407 e. The lowest BCUT2D eigenvalue weighted by Gasteiger charge is -2.25. The molecule has 1 fully saturated rings. The Morgan fingerprint density at radius 3 is 2.32 bits per heavy atom. The maximum absolute atomic E-state index is 12.0. The number of hydrogen-bond acceptors (Lipinski definition) is 8. The fourth-order valence-electron chi connectivity index (χ4n) is 3.38. The van der Waals surface area contributed by atoms with Crippen molar-refractivity contribution in [3.63, 3.8) is 0 Å². The van der Waals surface area contributed by atoms with Crippen LogP contribution < -0.4 is 10.6 Å². The minimum Gasteiger partial charge on any atom is -0.480 e. The van der Waals surface area contributed by atoms with Crippen molar-refractivity contribution in [1.29, 1.82) is 0 Å². The second-order valence-corrected chi connectivity index (χ2v) is 7.34. The molecule has 0 aromatic heterocycles. The number of unbranched alkanes of at least 4 members (excludes halogenated alkanes) is 1. The summed E-state index contributed by atoms with van der Waals surface area (Å²) < 4.78 is 19.7. The summed E-state index contributed by atoms with van der Waals surface area (Å²) in [5.41, 5.74) is 0. The van der Waals surface area contributed by atoms with Crippen molar-refractivity contribution in [3.05, 3.63) is 0 Å². The molecule has 11 heteroatoms. The molecule has 0 aromatic rings. The number of aliphatic carboxylic acids is 1. The monoisotopic (exact) mass is 447 g/mol. The van der Waals surface area contributed by atoms with E-state index >= 15 is 0 Å². The average Bonchev–Trinajstić information content (AvgIpc) is 3.21. The van der Waals surface area contributed by atoms with Gasteiger partial charge in [-0.05, 0) is 45.1 Å². The van der Waals surface area contributed by atoms with Crippen LogP contribution in [0.1, 0.15) is 38.5 Å². The molecule has 31 heavy (non-hydrogen) atoms. The van der Waals surface area contributed by atoms with Gasteiger partial charge in [-0.1, -0.05) is 0 Å². The number of ether oxygens (including phenoxy) is 4. The number of rotatable bonds is 16. The number of alkyl carbamates (subject to hydrolysis) is 2. The Morgan fingerprint density at radius 2 is 1.68 bits per heavy atom. The molecule has 0 bridgehead atoms. The number of methoxy groups -OCH3 is 2. The summed E-state index contributed by atoms with van der Waals surface area (Å²) in [4.78, 5) is 36.8. The largest absolute Gasteiger partial charge is 0.480 e. The van der Waals surface area contributed by atoms with Crippen LogP contribution in [0.3, 0.4) is 0 Å². The van der Waals surface area contributed by atoms with Gasteiger partial charge in [0.2, 0.25) is 0 Å². The predicted molar refractivity (Wildman–Crippen MR) is 112 cm³/mol. The van der Waals surface area contributed by atoms with E-state index in [2.05, 4.69) is 10.6 Å². The number of nitrogens with one attached hydrogen (secondary N) is 2. The summed E-state index contributed by atoms with van der Waals surface area (Å²) in [5, 5.41) is 14.9. The number of carbonyl (C=O) groups excluding carboxylic acids is 2. The maximum atomic E-state index is 12.0. The Bertz CT molecular complexity index is 535. The number of nitrogens with zero attached hydrogens (tertiary/aromatic N) is 1. The third kappa shape index (κ3) is 12.4. The second-order valence-electron chi connectivity index (χ2n) is 7.34. The molecule has 2 amide bonds. The lowest BCUT2D eigenvalue weighted by Crippen LogP contribution is -2.41. The lowest BCUT2D eigenvalue weighted by molar-refractivity contribution is -0.142. The van der Waals surface area contributed by atoms with Gasteiger partial charge in [0.15, 0.2) is 0 Å². The smallest absolute Gasteiger partial charge is 0.407 e. The topological polar surface area (TPSA) is 136 Å². The van der Waals surface area contributed by atoms with Crippen LogP contribution in [0.2, 0.25) is 0 Å². The minimum absolute atomic E-state index is 0.154. The van der Waals surface area contributed by atoms with Crippen molar-refractivity contribution in [2.75, 3.05) is 60.3 Å². The van der Waals surface area contributed by atoms with E-state index in [-0.39, 0.29) is 19.3 Å². The van der Waals surface area contributed by atoms with E-state index in [4.69, 9.17) is 18.9 Å². The van der Waals surface area contributed by atoms with Gasteiger partial charge in [0.1, 0.15) is 19.3 Å². The Morgan fingerprint density at radius 1 is 1.00 bits per heavy atom. The molecule has 11 nitrogen and oxygen atoms in total. The Hall–Kier alpha value is -2.11. The quantitative estimate of drug-likeness (QED) is 0.298. The van der Waals surface area contributed by atoms with E-state index in [0.29, 0.717) is 45.6 Å². The summed E-state index contributed by atoms with van der Waals surface area (Å²) in [6.45, 7) is 2.83. The number of amides is 2. The molecule has 3 N–H and O–H groups in total. The van der Waals surface area contributed by atoms with Gasteiger partial charge in [0, 0.05) is 33.4 Å². The van der Waals surface area contributed by atoms with Gasteiger partial charge in [0.05, 0.1) is 13.2 Å². The van der Waals surface area contributed by atoms with Crippen molar-refractivity contribution in [3.8, 4) is 0 Å². The Kier molecular flexibility index (Phi) is 14.4. The highest BCUT2D eigenvalue weighted by atomic mass is 16.6. The highest BCUT2D eigenvalue weighted by molar-refractivity contribution is 5.73. The summed E-state index contributed by atoms with van der Waals surface area (Å²) >= 11 is 0. The van der Waals surface area contributed by atoms with Gasteiger partial charge in [-0.2, -0.15) is 0 Å². The number of carbonyl (C=O) groups is 3. The van der Waals surface area contributed by atoms with E-state index in [0.717, 1.165) is 25.8 Å². The first-order valence-corrected chi connectivity index (χ1v) is 10.8. The normalized spacial score (nSPS) is 17.2. The standard InChI is InChI=1S/C20H37N3O8/c1-28-12-14-30-19(26)21-9-4-3-6-16(22-20(27)31-15-13-29-2)8-11-23-10-5-7-17(23)18(24)25/h16-17H,3-15H2,1-2H3,(H,21,26)(H,22,27)(H,24,25)/t16?,17-/m0/s1. The first kappa shape index (κ1) is 26.9. The molecular formula is C20H37N3O8. The predicted octanol–water partition coefficient (Wildman–Crippen LogP) is 1.21. The summed E-state index contributed by atoms with van der Waals surface area (Å²) in [6.07, 6.45) is 3.31. The van der Waals surface area contributed by atoms with E-state index in [1.165, 1.54) is 14.2 Å². The highest BCUT2D eigenvalue weighted by Crippen LogP contribution is 2.18. The van der Waals surface area contributed by atoms with Gasteiger partial charge < -0.3 is 34.7 Å². The minimum atomic E-state index is -0.801. The van der Waals surface area contributed by atoms with Crippen molar-refractivity contribution in [1.82, 2.24) is 15.5 Å². The molecule has 0 saturated carbocycles. The van der Waals surface area contributed by atoms with Crippen LogP contribution in [0.25, 0.3) is 0 Å². The second kappa shape index (κ2) is 16.6. The van der Waals surface area contributed by atoms with Crippen molar-refractivity contribution in [2.45, 2.75) is 50.6 Å². The van der Waals surface area contributed by atoms with Gasteiger partial charge in [-0.25, -0.2) is 9.59 Å². The molecule has 1 rings (SSSR count). The van der Waals surface area contributed by atoms with E-state index in [1.54, 1.807) is 0 Å². The van der Waals surface area contributed by atoms with Crippen LogP contribution >= 0.6 is 0 Å². The first-order chi connectivity index (χ1) is 15.0. The molecule has 0 aromatic carbocycles. The number of hydrogen-bond donors (Lipinski definition) is 3. The molecule has 1 aliphatic heterocycles. The van der Waals surface area contributed by atoms with Gasteiger partial charge in [0.25, 0.3) is 0 Å². The fourth-order valence-corrected chi connectivity index (χ4v) is 3.38. The van der Waals surface area contributed by atoms with Gasteiger partial charge in [-0.3, -0.25) is 9.69 Å². The Labute approximate surface area is 183 Å². The van der Waals surface area contributed by atoms with Crippen LogP contribution in [0.4, 0.5) is 9.59 Å². The zero-order valence-corrected chi connectivity index (χ0v) is 18.6. The molecule has 180 valence electrons. The molecular weight excluding hydrogens is 410 g/mol. The SMILES string of the molecule is COCCOC(=O)NCCCCC(CCN1CCC[C@H]1C(=O)O)NC(=O)OCCOC. The number of likely N-dealkylation sites (tertiary alicyclic amines) is 1. The summed E-state index contributed by atoms with van der Waals surface area (Å²) in [6, 6.07) is -0.610. The lowest BCUT2D eigenvalue weighted by atomic mass is 10.1.